The van der Waals surface area contributed by atoms with Crippen LogP contribution in [-0.2, 0) is 0 Å². The van der Waals surface area contributed by atoms with Gasteiger partial charge >= 0.3 is 0 Å². The molecule has 1 aliphatic rings. The summed E-state index contributed by atoms with van der Waals surface area (Å²) in [7, 11) is 0. The Balaban J connectivity index is 2.23. The Kier molecular flexibility index (Phi) is 5.26. The zero-order valence-electron chi connectivity index (χ0n) is 11.4. The van der Waals surface area contributed by atoms with Gasteiger partial charge in [0.05, 0.1) is 6.61 Å². The maximum absolute atomic E-state index is 9.50. The fraction of sp³-hybridized carbons (Fsp3) is 1.00. The zero-order valence-corrected chi connectivity index (χ0v) is 11.4. The van der Waals surface area contributed by atoms with Crippen molar-refractivity contribution < 1.29 is 5.11 Å². The van der Waals surface area contributed by atoms with Crippen molar-refractivity contribution in [3.05, 3.63) is 0 Å². The van der Waals surface area contributed by atoms with E-state index in [4.69, 9.17) is 0 Å². The monoisotopic (exact) mass is 227 g/mol. The topological polar surface area (TPSA) is 32.3 Å². The highest BCUT2D eigenvalue weighted by atomic mass is 16.3. The molecular formula is C14H29NO. The molecule has 2 N–H and O–H groups in total. The molecular weight excluding hydrogens is 198 g/mol. The highest BCUT2D eigenvalue weighted by molar-refractivity contribution is 4.98. The fourth-order valence-electron chi connectivity index (χ4n) is 2.48. The van der Waals surface area contributed by atoms with E-state index in [9.17, 15) is 5.11 Å². The van der Waals surface area contributed by atoms with Gasteiger partial charge in [-0.1, -0.05) is 26.7 Å². The molecule has 1 saturated carbocycles. The van der Waals surface area contributed by atoms with Crippen LogP contribution < -0.4 is 5.32 Å². The average Bonchev–Trinajstić information content (AvgIpc) is 3.00. The Morgan fingerprint density at radius 2 is 1.88 bits per heavy atom. The van der Waals surface area contributed by atoms with Gasteiger partial charge < -0.3 is 10.4 Å². The van der Waals surface area contributed by atoms with Gasteiger partial charge in [0, 0.05) is 11.6 Å². The lowest BCUT2D eigenvalue weighted by Gasteiger charge is -2.32. The molecule has 0 aliphatic heterocycles. The Morgan fingerprint density at radius 3 is 2.31 bits per heavy atom. The smallest absolute Gasteiger partial charge is 0.0613 e. The van der Waals surface area contributed by atoms with Gasteiger partial charge in [-0.3, -0.25) is 0 Å². The van der Waals surface area contributed by atoms with E-state index < -0.39 is 0 Å². The minimum absolute atomic E-state index is 0.0305. The van der Waals surface area contributed by atoms with E-state index in [0.717, 1.165) is 5.92 Å². The molecule has 0 bridgehead atoms. The van der Waals surface area contributed by atoms with Crippen LogP contribution in [0.2, 0.25) is 0 Å². The minimum atomic E-state index is -0.0305. The molecule has 0 spiro atoms. The van der Waals surface area contributed by atoms with E-state index in [1.54, 1.807) is 0 Å². The Labute approximate surface area is 101 Å². The van der Waals surface area contributed by atoms with Gasteiger partial charge in [0.2, 0.25) is 0 Å². The van der Waals surface area contributed by atoms with E-state index in [0.29, 0.717) is 12.0 Å². The summed E-state index contributed by atoms with van der Waals surface area (Å²) in [6, 6.07) is 0.525. The maximum Gasteiger partial charge on any atom is 0.0613 e. The molecule has 0 heterocycles. The number of nitrogens with one attached hydrogen (secondary N) is 1. The molecule has 0 aromatic heterocycles. The standard InChI is InChI=1S/C14H29NO/c1-11(2)6-5-7-12(3)15-14(4,10-16)13-8-9-13/h11-13,15-16H,5-10H2,1-4H3. The molecule has 1 fully saturated rings. The van der Waals surface area contributed by atoms with Crippen LogP contribution in [0.4, 0.5) is 0 Å². The first-order valence-electron chi connectivity index (χ1n) is 6.86. The van der Waals surface area contributed by atoms with Crippen LogP contribution in [-0.4, -0.2) is 23.3 Å². The molecule has 0 aromatic rings. The lowest BCUT2D eigenvalue weighted by atomic mass is 9.94. The predicted molar refractivity (Wildman–Crippen MR) is 69.5 cm³/mol. The van der Waals surface area contributed by atoms with E-state index in [-0.39, 0.29) is 12.1 Å². The van der Waals surface area contributed by atoms with E-state index in [2.05, 4.69) is 33.0 Å². The van der Waals surface area contributed by atoms with Gasteiger partial charge in [-0.05, 0) is 44.9 Å². The molecule has 2 heteroatoms. The predicted octanol–water partition coefficient (Wildman–Crippen LogP) is 2.95. The van der Waals surface area contributed by atoms with Gasteiger partial charge in [-0.2, -0.15) is 0 Å². The molecule has 0 saturated heterocycles. The zero-order chi connectivity index (χ0) is 12.2. The largest absolute Gasteiger partial charge is 0.394 e. The number of rotatable bonds is 8. The third-order valence-corrected chi connectivity index (χ3v) is 3.80. The van der Waals surface area contributed by atoms with Gasteiger partial charge in [-0.15, -0.1) is 0 Å². The lowest BCUT2D eigenvalue weighted by molar-refractivity contribution is 0.141. The van der Waals surface area contributed by atoms with Crippen molar-refractivity contribution in [2.45, 2.75) is 71.4 Å². The Hall–Kier alpha value is -0.0800. The third-order valence-electron chi connectivity index (χ3n) is 3.80. The SMILES string of the molecule is CC(C)CCCC(C)NC(C)(CO)C1CC1. The molecule has 0 aromatic carbocycles. The summed E-state index contributed by atoms with van der Waals surface area (Å²) in [6.07, 6.45) is 6.38. The van der Waals surface area contributed by atoms with E-state index in [1.807, 2.05) is 0 Å². The first kappa shape index (κ1) is 14.0. The first-order valence-corrected chi connectivity index (χ1v) is 6.86. The summed E-state index contributed by atoms with van der Waals surface area (Å²) >= 11 is 0. The van der Waals surface area contributed by atoms with Gasteiger partial charge in [0.15, 0.2) is 0 Å². The van der Waals surface area contributed by atoms with Gasteiger partial charge in [0.25, 0.3) is 0 Å². The summed E-state index contributed by atoms with van der Waals surface area (Å²) in [6.45, 7) is 9.24. The Morgan fingerprint density at radius 1 is 1.25 bits per heavy atom. The maximum atomic E-state index is 9.50. The van der Waals surface area contributed by atoms with Crippen molar-refractivity contribution in [3.8, 4) is 0 Å². The molecule has 96 valence electrons. The second-order valence-corrected chi connectivity index (χ2v) is 6.22. The van der Waals surface area contributed by atoms with Crippen molar-refractivity contribution in [1.29, 1.82) is 0 Å². The van der Waals surface area contributed by atoms with Crippen LogP contribution in [0.5, 0.6) is 0 Å². The summed E-state index contributed by atoms with van der Waals surface area (Å²) < 4.78 is 0. The first-order chi connectivity index (χ1) is 7.48. The van der Waals surface area contributed by atoms with Crippen molar-refractivity contribution in [3.63, 3.8) is 0 Å². The molecule has 1 aliphatic carbocycles. The van der Waals surface area contributed by atoms with Crippen LogP contribution in [0, 0.1) is 11.8 Å². The summed E-state index contributed by atoms with van der Waals surface area (Å²) in [5.74, 6) is 1.50. The summed E-state index contributed by atoms with van der Waals surface area (Å²) in [4.78, 5) is 0. The quantitative estimate of drug-likeness (QED) is 0.668. The van der Waals surface area contributed by atoms with Crippen LogP contribution in [0.3, 0.4) is 0 Å². The molecule has 0 amide bonds. The van der Waals surface area contributed by atoms with Crippen molar-refractivity contribution >= 4 is 0 Å². The molecule has 2 atom stereocenters. The summed E-state index contributed by atoms with van der Waals surface area (Å²) in [5, 5.41) is 13.1. The third kappa shape index (κ3) is 4.42. The summed E-state index contributed by atoms with van der Waals surface area (Å²) in [5.41, 5.74) is -0.0305. The second-order valence-electron chi connectivity index (χ2n) is 6.22. The number of aliphatic hydroxyl groups is 1. The number of aliphatic hydroxyl groups excluding tert-OH is 1. The highest BCUT2D eigenvalue weighted by Crippen LogP contribution is 2.39. The molecule has 2 nitrogen and oxygen atoms in total. The van der Waals surface area contributed by atoms with E-state index in [1.165, 1.54) is 32.1 Å². The lowest BCUT2D eigenvalue weighted by Crippen LogP contribution is -2.51. The van der Waals surface area contributed by atoms with Crippen LogP contribution >= 0.6 is 0 Å². The Bertz CT molecular complexity index is 201. The molecule has 0 radical (unpaired) electrons. The average molecular weight is 227 g/mol. The number of hydrogen-bond donors (Lipinski definition) is 2. The van der Waals surface area contributed by atoms with E-state index >= 15 is 0 Å². The van der Waals surface area contributed by atoms with Crippen molar-refractivity contribution in [2.75, 3.05) is 6.61 Å². The fourth-order valence-corrected chi connectivity index (χ4v) is 2.48. The van der Waals surface area contributed by atoms with Crippen LogP contribution in [0.15, 0.2) is 0 Å². The second kappa shape index (κ2) is 6.02. The highest BCUT2D eigenvalue weighted by Gasteiger charge is 2.41. The normalized spacial score (nSPS) is 22.1. The molecule has 2 unspecified atom stereocenters. The van der Waals surface area contributed by atoms with Crippen LogP contribution in [0.25, 0.3) is 0 Å². The molecule has 1 rings (SSSR count). The minimum Gasteiger partial charge on any atom is -0.394 e. The molecule has 16 heavy (non-hydrogen) atoms. The van der Waals surface area contributed by atoms with Gasteiger partial charge in [-0.25, -0.2) is 0 Å². The van der Waals surface area contributed by atoms with Crippen molar-refractivity contribution in [2.24, 2.45) is 11.8 Å². The van der Waals surface area contributed by atoms with Gasteiger partial charge in [0.1, 0.15) is 0 Å². The van der Waals surface area contributed by atoms with Crippen LogP contribution in [0.1, 0.15) is 59.8 Å². The number of hydrogen-bond acceptors (Lipinski definition) is 2. The van der Waals surface area contributed by atoms with Crippen molar-refractivity contribution in [1.82, 2.24) is 5.32 Å².